The van der Waals surface area contributed by atoms with Gasteiger partial charge in [0.05, 0.1) is 0 Å². The molecule has 66 valence electrons. The standard InChI is InChI=1S/C8H18N2S/c1-5-8(2,3)6-10-7(11)9-4/h5-6H2,1-4H3,(H2,9,10,11). The number of nitrogens with one attached hydrogen (secondary N) is 2. The third-order valence-corrected chi connectivity index (χ3v) is 2.26. The smallest absolute Gasteiger partial charge is 0.166 e. The third kappa shape index (κ3) is 5.01. The Labute approximate surface area is 74.8 Å². The summed E-state index contributed by atoms with van der Waals surface area (Å²) in [6, 6.07) is 0. The van der Waals surface area contributed by atoms with Crippen LogP contribution in [-0.4, -0.2) is 18.7 Å². The summed E-state index contributed by atoms with van der Waals surface area (Å²) in [4.78, 5) is 0. The Bertz CT molecular complexity index is 132. The molecule has 0 saturated carbocycles. The summed E-state index contributed by atoms with van der Waals surface area (Å²) in [6.45, 7) is 7.56. The van der Waals surface area contributed by atoms with Crippen LogP contribution >= 0.6 is 12.2 Å². The lowest BCUT2D eigenvalue weighted by Gasteiger charge is -2.23. The van der Waals surface area contributed by atoms with Gasteiger partial charge in [0, 0.05) is 13.6 Å². The fourth-order valence-electron chi connectivity index (χ4n) is 0.533. The second kappa shape index (κ2) is 4.54. The van der Waals surface area contributed by atoms with Crippen molar-refractivity contribution in [3.05, 3.63) is 0 Å². The molecular weight excluding hydrogens is 156 g/mol. The second-order valence-electron chi connectivity index (χ2n) is 3.45. The molecular formula is C8H18N2S. The third-order valence-electron chi connectivity index (χ3n) is 1.91. The van der Waals surface area contributed by atoms with Gasteiger partial charge in [-0.1, -0.05) is 20.8 Å². The first kappa shape index (κ1) is 10.7. The largest absolute Gasteiger partial charge is 0.366 e. The minimum absolute atomic E-state index is 0.334. The molecule has 0 saturated heterocycles. The van der Waals surface area contributed by atoms with E-state index in [1.165, 1.54) is 0 Å². The van der Waals surface area contributed by atoms with Gasteiger partial charge in [0.2, 0.25) is 0 Å². The molecule has 0 aromatic rings. The molecule has 2 nitrogen and oxygen atoms in total. The lowest BCUT2D eigenvalue weighted by atomic mass is 9.90. The molecule has 0 amide bonds. The van der Waals surface area contributed by atoms with Crippen molar-refractivity contribution in [2.75, 3.05) is 13.6 Å². The predicted molar refractivity (Wildman–Crippen MR) is 53.7 cm³/mol. The van der Waals surface area contributed by atoms with Crippen LogP contribution in [0.2, 0.25) is 0 Å². The molecule has 0 spiro atoms. The van der Waals surface area contributed by atoms with Crippen molar-refractivity contribution in [3.8, 4) is 0 Å². The fourth-order valence-corrected chi connectivity index (χ4v) is 0.605. The van der Waals surface area contributed by atoms with Crippen LogP contribution in [-0.2, 0) is 0 Å². The fraction of sp³-hybridized carbons (Fsp3) is 0.875. The van der Waals surface area contributed by atoms with Crippen LogP contribution in [0.5, 0.6) is 0 Å². The first-order valence-electron chi connectivity index (χ1n) is 3.97. The van der Waals surface area contributed by atoms with Gasteiger partial charge in [0.25, 0.3) is 0 Å². The molecule has 2 N–H and O–H groups in total. The van der Waals surface area contributed by atoms with Gasteiger partial charge in [-0.25, -0.2) is 0 Å². The Morgan fingerprint density at radius 2 is 2.00 bits per heavy atom. The monoisotopic (exact) mass is 174 g/mol. The van der Waals surface area contributed by atoms with Crippen LogP contribution in [0.4, 0.5) is 0 Å². The number of hydrogen-bond acceptors (Lipinski definition) is 1. The Morgan fingerprint density at radius 3 is 2.36 bits per heavy atom. The molecule has 0 aliphatic carbocycles. The zero-order valence-corrected chi connectivity index (χ0v) is 8.64. The molecule has 0 aliphatic heterocycles. The van der Waals surface area contributed by atoms with Gasteiger partial charge in [-0.2, -0.15) is 0 Å². The van der Waals surface area contributed by atoms with E-state index in [1.54, 1.807) is 0 Å². The van der Waals surface area contributed by atoms with Crippen molar-refractivity contribution in [1.29, 1.82) is 0 Å². The highest BCUT2D eigenvalue weighted by Gasteiger charge is 2.14. The molecule has 0 fully saturated rings. The highest BCUT2D eigenvalue weighted by molar-refractivity contribution is 7.80. The zero-order chi connectivity index (χ0) is 8.91. The summed E-state index contributed by atoms with van der Waals surface area (Å²) in [5, 5.41) is 6.75. The summed E-state index contributed by atoms with van der Waals surface area (Å²) < 4.78 is 0. The number of thiocarbonyl (C=S) groups is 1. The van der Waals surface area contributed by atoms with Gasteiger partial charge < -0.3 is 10.6 Å². The summed E-state index contributed by atoms with van der Waals surface area (Å²) in [6.07, 6.45) is 1.16. The van der Waals surface area contributed by atoms with Gasteiger partial charge in [0.15, 0.2) is 5.11 Å². The number of hydrogen-bond donors (Lipinski definition) is 2. The first-order chi connectivity index (χ1) is 5.02. The van der Waals surface area contributed by atoms with Crippen LogP contribution in [0.15, 0.2) is 0 Å². The summed E-state index contributed by atoms with van der Waals surface area (Å²) >= 11 is 4.95. The first-order valence-corrected chi connectivity index (χ1v) is 4.38. The van der Waals surface area contributed by atoms with Gasteiger partial charge >= 0.3 is 0 Å². The average molecular weight is 174 g/mol. The van der Waals surface area contributed by atoms with Crippen LogP contribution < -0.4 is 10.6 Å². The minimum atomic E-state index is 0.334. The second-order valence-corrected chi connectivity index (χ2v) is 3.86. The van der Waals surface area contributed by atoms with Crippen molar-refractivity contribution in [3.63, 3.8) is 0 Å². The van der Waals surface area contributed by atoms with Gasteiger partial charge in [-0.3, -0.25) is 0 Å². The van der Waals surface area contributed by atoms with Crippen LogP contribution in [0.25, 0.3) is 0 Å². The summed E-state index contributed by atoms with van der Waals surface area (Å²) in [7, 11) is 1.83. The van der Waals surface area contributed by atoms with E-state index in [2.05, 4.69) is 31.4 Å². The van der Waals surface area contributed by atoms with Crippen molar-refractivity contribution >= 4 is 17.3 Å². The van der Waals surface area contributed by atoms with E-state index >= 15 is 0 Å². The molecule has 0 rings (SSSR count). The molecule has 0 bridgehead atoms. The van der Waals surface area contributed by atoms with Crippen LogP contribution in [0.3, 0.4) is 0 Å². The maximum absolute atomic E-state index is 4.95. The molecule has 0 unspecified atom stereocenters. The van der Waals surface area contributed by atoms with Gasteiger partial charge in [0.1, 0.15) is 0 Å². The lowest BCUT2D eigenvalue weighted by Crippen LogP contribution is -2.38. The summed E-state index contributed by atoms with van der Waals surface area (Å²) in [5.41, 5.74) is 0.334. The molecule has 0 atom stereocenters. The van der Waals surface area contributed by atoms with E-state index < -0.39 is 0 Å². The zero-order valence-electron chi connectivity index (χ0n) is 7.82. The molecule has 0 aromatic heterocycles. The maximum atomic E-state index is 4.95. The van der Waals surface area contributed by atoms with E-state index in [4.69, 9.17) is 12.2 Å². The molecule has 0 radical (unpaired) electrons. The van der Waals surface area contributed by atoms with Crippen molar-refractivity contribution < 1.29 is 0 Å². The van der Waals surface area contributed by atoms with Crippen molar-refractivity contribution in [1.82, 2.24) is 10.6 Å². The Morgan fingerprint density at radius 1 is 1.45 bits per heavy atom. The van der Waals surface area contributed by atoms with Gasteiger partial charge in [-0.15, -0.1) is 0 Å². The summed E-state index contributed by atoms with van der Waals surface area (Å²) in [5.74, 6) is 0. The maximum Gasteiger partial charge on any atom is 0.166 e. The molecule has 0 aliphatic rings. The van der Waals surface area contributed by atoms with Crippen molar-refractivity contribution in [2.24, 2.45) is 5.41 Å². The predicted octanol–water partition coefficient (Wildman–Crippen LogP) is 1.52. The Kier molecular flexibility index (Phi) is 4.42. The van der Waals surface area contributed by atoms with Gasteiger partial charge in [-0.05, 0) is 24.1 Å². The molecule has 11 heavy (non-hydrogen) atoms. The van der Waals surface area contributed by atoms with E-state index in [1.807, 2.05) is 7.05 Å². The highest BCUT2D eigenvalue weighted by atomic mass is 32.1. The van der Waals surface area contributed by atoms with Crippen LogP contribution in [0.1, 0.15) is 27.2 Å². The SMILES string of the molecule is CCC(C)(C)CNC(=S)NC. The topological polar surface area (TPSA) is 24.1 Å². The van der Waals surface area contributed by atoms with E-state index in [9.17, 15) is 0 Å². The molecule has 3 heteroatoms. The highest BCUT2D eigenvalue weighted by Crippen LogP contribution is 2.17. The Balaban J connectivity index is 3.61. The van der Waals surface area contributed by atoms with Crippen molar-refractivity contribution in [2.45, 2.75) is 27.2 Å². The Hall–Kier alpha value is -0.310. The normalized spacial score (nSPS) is 10.9. The quantitative estimate of drug-likeness (QED) is 0.634. The lowest BCUT2D eigenvalue weighted by molar-refractivity contribution is 0.349. The molecule has 0 aromatic carbocycles. The number of rotatable bonds is 3. The molecule has 0 heterocycles. The van der Waals surface area contributed by atoms with E-state index in [0.29, 0.717) is 5.41 Å². The van der Waals surface area contributed by atoms with E-state index in [-0.39, 0.29) is 0 Å². The minimum Gasteiger partial charge on any atom is -0.366 e. The average Bonchev–Trinajstić information content (AvgIpc) is 2.00. The van der Waals surface area contributed by atoms with E-state index in [0.717, 1.165) is 18.1 Å². The van der Waals surface area contributed by atoms with Crippen LogP contribution in [0, 0.1) is 5.41 Å².